The molecule has 8 heteroatoms. The van der Waals surface area contributed by atoms with Crippen LogP contribution >= 0.6 is 11.6 Å². The Balaban J connectivity index is 2.47. The van der Waals surface area contributed by atoms with Gasteiger partial charge in [0, 0.05) is 16.8 Å². The molecule has 21 heavy (non-hydrogen) atoms. The molecular weight excluding hydrogens is 319 g/mol. The number of benzene rings is 1. The van der Waals surface area contributed by atoms with Gasteiger partial charge in [-0.2, -0.15) is 0 Å². The Hall–Kier alpha value is -1.70. The number of anilines is 1. The number of aromatic nitrogens is 1. The second-order valence-electron chi connectivity index (χ2n) is 4.39. The predicted octanol–water partition coefficient (Wildman–Crippen LogP) is 2.48. The number of rotatable bonds is 4. The number of sulfonamides is 1. The summed E-state index contributed by atoms with van der Waals surface area (Å²) in [7, 11) is -4.18. The Bertz CT molecular complexity index is 781. The Kier molecular flexibility index (Phi) is 4.46. The molecule has 0 unspecified atom stereocenters. The van der Waals surface area contributed by atoms with Gasteiger partial charge in [-0.1, -0.05) is 11.6 Å². The molecule has 5 nitrogen and oxygen atoms in total. The van der Waals surface area contributed by atoms with Crippen molar-refractivity contribution in [2.75, 3.05) is 4.72 Å². The maximum Gasteiger partial charge on any atom is 0.264 e. The number of aliphatic hydroxyl groups excluding tert-OH is 1. The van der Waals surface area contributed by atoms with Crippen LogP contribution in [0.25, 0.3) is 0 Å². The molecule has 0 spiro atoms. The molecule has 1 heterocycles. The first-order valence-corrected chi connectivity index (χ1v) is 7.73. The smallest absolute Gasteiger partial charge is 0.264 e. The van der Waals surface area contributed by atoms with Crippen LogP contribution in [-0.4, -0.2) is 18.5 Å². The summed E-state index contributed by atoms with van der Waals surface area (Å²) in [4.78, 5) is 3.22. The molecule has 2 N–H and O–H groups in total. The van der Waals surface area contributed by atoms with E-state index >= 15 is 0 Å². The highest BCUT2D eigenvalue weighted by molar-refractivity contribution is 7.92. The van der Waals surface area contributed by atoms with Crippen molar-refractivity contribution in [3.63, 3.8) is 0 Å². The molecule has 0 saturated carbocycles. The molecule has 0 aliphatic carbocycles. The highest BCUT2D eigenvalue weighted by Crippen LogP contribution is 2.25. The number of aryl methyl sites for hydroxylation is 1. The molecule has 0 radical (unpaired) electrons. The zero-order valence-electron chi connectivity index (χ0n) is 11.0. The fourth-order valence-corrected chi connectivity index (χ4v) is 3.24. The largest absolute Gasteiger partial charge is 0.392 e. The Labute approximate surface area is 126 Å². The quantitative estimate of drug-likeness (QED) is 0.902. The van der Waals surface area contributed by atoms with Crippen molar-refractivity contribution in [1.82, 2.24) is 4.98 Å². The first kappa shape index (κ1) is 15.7. The second-order valence-corrected chi connectivity index (χ2v) is 6.48. The van der Waals surface area contributed by atoms with E-state index in [2.05, 4.69) is 9.71 Å². The minimum atomic E-state index is -4.18. The molecule has 0 aliphatic heterocycles. The molecule has 1 aromatic heterocycles. The van der Waals surface area contributed by atoms with Gasteiger partial charge in [0.05, 0.1) is 18.5 Å². The van der Waals surface area contributed by atoms with E-state index in [-0.39, 0.29) is 16.3 Å². The Morgan fingerprint density at radius 1 is 1.33 bits per heavy atom. The first-order chi connectivity index (χ1) is 9.83. The number of halogens is 2. The molecule has 0 amide bonds. The van der Waals surface area contributed by atoms with Crippen LogP contribution in [0.15, 0.2) is 35.5 Å². The molecule has 0 saturated heterocycles. The molecule has 0 aliphatic rings. The van der Waals surface area contributed by atoms with Crippen molar-refractivity contribution in [2.45, 2.75) is 18.4 Å². The summed E-state index contributed by atoms with van der Waals surface area (Å²) in [6.45, 7) is 1.09. The van der Waals surface area contributed by atoms with E-state index in [9.17, 15) is 12.8 Å². The molecule has 0 fully saturated rings. The SMILES string of the molecule is Cc1cncc(NS(=O)(=O)c2cc(Cl)cc(CO)c2F)c1. The topological polar surface area (TPSA) is 79.3 Å². The minimum absolute atomic E-state index is 0.0168. The van der Waals surface area contributed by atoms with E-state index in [4.69, 9.17) is 16.7 Å². The van der Waals surface area contributed by atoms with Crippen LogP contribution in [0.3, 0.4) is 0 Å². The van der Waals surface area contributed by atoms with Gasteiger partial charge in [0.25, 0.3) is 10.0 Å². The van der Waals surface area contributed by atoms with Crippen LogP contribution < -0.4 is 4.72 Å². The second kappa shape index (κ2) is 5.97. The number of hydrogen-bond acceptors (Lipinski definition) is 4. The number of pyridine rings is 1. The van der Waals surface area contributed by atoms with Crippen molar-refractivity contribution < 1.29 is 17.9 Å². The highest BCUT2D eigenvalue weighted by atomic mass is 35.5. The van der Waals surface area contributed by atoms with Gasteiger partial charge >= 0.3 is 0 Å². The molecule has 112 valence electrons. The van der Waals surface area contributed by atoms with Gasteiger partial charge in [-0.25, -0.2) is 12.8 Å². The standard InChI is InChI=1S/C13H12ClFN2O3S/c1-8-2-11(6-16-5-8)17-21(19,20)12-4-10(14)3-9(7-18)13(12)15/h2-6,17-18H,7H2,1H3. The zero-order chi connectivity index (χ0) is 15.6. The lowest BCUT2D eigenvalue weighted by molar-refractivity contribution is 0.274. The average molecular weight is 331 g/mol. The van der Waals surface area contributed by atoms with Crippen LogP contribution in [0, 0.1) is 12.7 Å². The van der Waals surface area contributed by atoms with Gasteiger partial charge in [-0.3, -0.25) is 9.71 Å². The van der Waals surface area contributed by atoms with Crippen molar-refractivity contribution in [3.05, 3.63) is 52.6 Å². The van der Waals surface area contributed by atoms with Gasteiger partial charge in [-0.15, -0.1) is 0 Å². The van der Waals surface area contributed by atoms with Gasteiger partial charge in [0.2, 0.25) is 0 Å². The number of nitrogens with zero attached hydrogens (tertiary/aromatic N) is 1. The fourth-order valence-electron chi connectivity index (χ4n) is 1.75. The first-order valence-electron chi connectivity index (χ1n) is 5.87. The van der Waals surface area contributed by atoms with Gasteiger partial charge in [0.15, 0.2) is 0 Å². The van der Waals surface area contributed by atoms with E-state index < -0.39 is 27.3 Å². The third-order valence-electron chi connectivity index (χ3n) is 2.67. The molecular formula is C13H12ClFN2O3S. The molecule has 2 rings (SSSR count). The predicted molar refractivity (Wildman–Crippen MR) is 77.1 cm³/mol. The van der Waals surface area contributed by atoms with Crippen LogP contribution in [0.2, 0.25) is 5.02 Å². The number of hydrogen-bond donors (Lipinski definition) is 2. The van der Waals surface area contributed by atoms with Gasteiger partial charge < -0.3 is 5.11 Å². The van der Waals surface area contributed by atoms with E-state index in [0.717, 1.165) is 11.6 Å². The highest BCUT2D eigenvalue weighted by Gasteiger charge is 2.22. The molecule has 0 atom stereocenters. The summed E-state index contributed by atoms with van der Waals surface area (Å²) < 4.78 is 40.8. The molecule has 1 aromatic carbocycles. The summed E-state index contributed by atoms with van der Waals surface area (Å²) >= 11 is 5.75. The number of aliphatic hydroxyl groups is 1. The lowest BCUT2D eigenvalue weighted by Crippen LogP contribution is -2.16. The van der Waals surface area contributed by atoms with Gasteiger partial charge in [0.1, 0.15) is 10.7 Å². The maximum absolute atomic E-state index is 14.1. The Morgan fingerprint density at radius 3 is 2.67 bits per heavy atom. The monoisotopic (exact) mass is 330 g/mol. The van der Waals surface area contributed by atoms with Crippen molar-refractivity contribution in [1.29, 1.82) is 0 Å². The molecule has 2 aromatic rings. The van der Waals surface area contributed by atoms with Crippen LogP contribution in [0.4, 0.5) is 10.1 Å². The zero-order valence-corrected chi connectivity index (χ0v) is 12.5. The Morgan fingerprint density at radius 2 is 2.05 bits per heavy atom. The van der Waals surface area contributed by atoms with Crippen molar-refractivity contribution in [2.24, 2.45) is 0 Å². The maximum atomic E-state index is 14.1. The van der Waals surface area contributed by atoms with E-state index in [1.807, 2.05) is 0 Å². The summed E-state index contributed by atoms with van der Waals surface area (Å²) in [5.41, 5.74) is 0.767. The third kappa shape index (κ3) is 3.49. The molecule has 0 bridgehead atoms. The summed E-state index contributed by atoms with van der Waals surface area (Å²) in [6, 6.07) is 3.71. The van der Waals surface area contributed by atoms with E-state index in [1.54, 1.807) is 19.2 Å². The average Bonchev–Trinajstić information content (AvgIpc) is 2.40. The normalized spacial score (nSPS) is 11.4. The lowest BCUT2D eigenvalue weighted by Gasteiger charge is -2.11. The third-order valence-corrected chi connectivity index (χ3v) is 4.27. The minimum Gasteiger partial charge on any atom is -0.392 e. The van der Waals surface area contributed by atoms with Gasteiger partial charge in [-0.05, 0) is 30.7 Å². The van der Waals surface area contributed by atoms with Crippen LogP contribution in [-0.2, 0) is 16.6 Å². The van der Waals surface area contributed by atoms with Crippen LogP contribution in [0.1, 0.15) is 11.1 Å². The van der Waals surface area contributed by atoms with Crippen molar-refractivity contribution >= 4 is 27.3 Å². The summed E-state index contributed by atoms with van der Waals surface area (Å²) in [5.74, 6) is -1.03. The lowest BCUT2D eigenvalue weighted by atomic mass is 10.2. The van der Waals surface area contributed by atoms with E-state index in [0.29, 0.717) is 0 Å². The van der Waals surface area contributed by atoms with E-state index in [1.165, 1.54) is 12.3 Å². The van der Waals surface area contributed by atoms with Crippen LogP contribution in [0.5, 0.6) is 0 Å². The number of nitrogens with one attached hydrogen (secondary N) is 1. The summed E-state index contributed by atoms with van der Waals surface area (Å²) in [5, 5.41) is 9.05. The summed E-state index contributed by atoms with van der Waals surface area (Å²) in [6.07, 6.45) is 2.86. The fraction of sp³-hybridized carbons (Fsp3) is 0.154. The van der Waals surface area contributed by atoms with Crippen molar-refractivity contribution in [3.8, 4) is 0 Å².